The number of methoxy groups -OCH3 is 1. The van der Waals surface area contributed by atoms with Gasteiger partial charge in [-0.05, 0) is 18.2 Å². The second-order valence-electron chi connectivity index (χ2n) is 4.56. The van der Waals surface area contributed by atoms with E-state index in [4.69, 9.17) is 4.74 Å². The van der Waals surface area contributed by atoms with Crippen molar-refractivity contribution in [3.63, 3.8) is 0 Å². The van der Waals surface area contributed by atoms with Gasteiger partial charge in [0.1, 0.15) is 5.75 Å². The maximum Gasteiger partial charge on any atom is 0.246 e. The molecule has 0 spiro atoms. The van der Waals surface area contributed by atoms with Gasteiger partial charge in [0, 0.05) is 28.0 Å². The number of nitrogens with one attached hydrogen (secondary N) is 1. The third-order valence-corrected chi connectivity index (χ3v) is 4.12. The molecule has 2 aliphatic heterocycles. The number of amidine groups is 1. The van der Waals surface area contributed by atoms with Crippen molar-refractivity contribution in [2.45, 2.75) is 4.90 Å². The molecule has 0 fully saturated rings. The van der Waals surface area contributed by atoms with Crippen molar-refractivity contribution in [1.82, 2.24) is 5.32 Å². The van der Waals surface area contributed by atoms with Crippen LogP contribution >= 0.6 is 0 Å². The van der Waals surface area contributed by atoms with Gasteiger partial charge in [-0.1, -0.05) is 0 Å². The van der Waals surface area contributed by atoms with E-state index in [0.29, 0.717) is 34.3 Å². The van der Waals surface area contributed by atoms with Crippen LogP contribution in [0.4, 0.5) is 0 Å². The van der Waals surface area contributed by atoms with Crippen LogP contribution in [0.25, 0.3) is 0 Å². The molecule has 108 valence electrons. The Labute approximate surface area is 124 Å². The first-order chi connectivity index (χ1) is 10.1. The van der Waals surface area contributed by atoms with Crippen molar-refractivity contribution in [1.29, 1.82) is 0 Å². The number of ether oxygens (including phenoxy) is 1. The first-order valence-corrected chi connectivity index (χ1v) is 7.82. The molecule has 2 heterocycles. The number of hydrogen-bond donors (Lipinski definition) is 1. The molecule has 1 N–H and O–H groups in total. The van der Waals surface area contributed by atoms with E-state index in [9.17, 15) is 9.00 Å². The number of rotatable bonds is 3. The minimum absolute atomic E-state index is 0.169. The predicted molar refractivity (Wildman–Crippen MR) is 80.4 cm³/mol. The van der Waals surface area contributed by atoms with Gasteiger partial charge in [0.15, 0.2) is 5.84 Å². The topological polar surface area (TPSA) is 80.1 Å². The van der Waals surface area contributed by atoms with Gasteiger partial charge in [-0.2, -0.15) is 0 Å². The van der Waals surface area contributed by atoms with Crippen molar-refractivity contribution in [2.24, 2.45) is 9.98 Å². The quantitative estimate of drug-likeness (QED) is 0.890. The van der Waals surface area contributed by atoms with Crippen molar-refractivity contribution in [3.05, 3.63) is 35.5 Å². The van der Waals surface area contributed by atoms with E-state index in [1.165, 1.54) is 6.08 Å². The Hall–Kier alpha value is -2.28. The maximum absolute atomic E-state index is 11.5. The van der Waals surface area contributed by atoms with Gasteiger partial charge in [0.05, 0.1) is 30.6 Å². The van der Waals surface area contributed by atoms with Crippen molar-refractivity contribution in [2.75, 3.05) is 19.9 Å². The average molecular weight is 303 g/mol. The predicted octanol–water partition coefficient (Wildman–Crippen LogP) is 0.647. The third kappa shape index (κ3) is 2.52. The smallest absolute Gasteiger partial charge is 0.246 e. The first-order valence-electron chi connectivity index (χ1n) is 6.26. The third-order valence-electron chi connectivity index (χ3n) is 3.21. The summed E-state index contributed by atoms with van der Waals surface area (Å²) in [6.07, 6.45) is 3.04. The zero-order valence-electron chi connectivity index (χ0n) is 11.5. The number of aliphatic imine (C=N–C) groups is 2. The highest BCUT2D eigenvalue weighted by atomic mass is 32.2. The summed E-state index contributed by atoms with van der Waals surface area (Å²) in [6.45, 7) is 0.372. The highest BCUT2D eigenvalue weighted by Gasteiger charge is 2.24. The summed E-state index contributed by atoms with van der Waals surface area (Å²) in [4.78, 5) is 20.8. The Kier molecular flexibility index (Phi) is 3.42. The number of carbonyl (C=O) groups is 1. The molecule has 21 heavy (non-hydrogen) atoms. The molecule has 1 aromatic rings. The first kappa shape index (κ1) is 13.7. The van der Waals surface area contributed by atoms with E-state index in [1.807, 2.05) is 0 Å². The minimum atomic E-state index is -1.08. The van der Waals surface area contributed by atoms with Gasteiger partial charge in [-0.3, -0.25) is 9.00 Å². The number of carbonyl (C=O) groups excluding carboxylic acids is 1. The lowest BCUT2D eigenvalue weighted by Crippen LogP contribution is -2.32. The van der Waals surface area contributed by atoms with E-state index in [2.05, 4.69) is 15.3 Å². The van der Waals surface area contributed by atoms with E-state index in [-0.39, 0.29) is 5.91 Å². The molecule has 0 saturated carbocycles. The fourth-order valence-corrected chi connectivity index (χ4v) is 2.67. The molecule has 1 aromatic carbocycles. The fraction of sp³-hybridized carbons (Fsp3) is 0.214. The number of amides is 1. The lowest BCUT2D eigenvalue weighted by Gasteiger charge is -2.08. The Morgan fingerprint density at radius 1 is 1.33 bits per heavy atom. The number of nitrogens with zero attached hydrogens (tertiary/aromatic N) is 2. The number of benzene rings is 1. The van der Waals surface area contributed by atoms with Crippen LogP contribution in [0.3, 0.4) is 0 Å². The van der Waals surface area contributed by atoms with Crippen molar-refractivity contribution < 1.29 is 13.7 Å². The Morgan fingerprint density at radius 2 is 2.14 bits per heavy atom. The Balaban J connectivity index is 2.04. The summed E-state index contributed by atoms with van der Waals surface area (Å²) in [5, 5.41) is 2.69. The summed E-state index contributed by atoms with van der Waals surface area (Å²) in [5.74, 6) is 0.889. The van der Waals surface area contributed by atoms with E-state index >= 15 is 0 Å². The summed E-state index contributed by atoms with van der Waals surface area (Å²) in [6, 6.07) is 5.26. The van der Waals surface area contributed by atoms with Gasteiger partial charge < -0.3 is 10.1 Å². The van der Waals surface area contributed by atoms with Gasteiger partial charge in [-0.25, -0.2) is 9.98 Å². The zero-order valence-corrected chi connectivity index (χ0v) is 12.4. The average Bonchev–Trinajstić information content (AvgIpc) is 2.89. The molecular formula is C14H13N3O3S. The molecule has 1 atom stereocenters. The fourth-order valence-electron chi connectivity index (χ4n) is 2.14. The molecule has 1 amide bonds. The summed E-state index contributed by atoms with van der Waals surface area (Å²) in [7, 11) is 0.459. The Bertz CT molecular complexity index is 750. The van der Waals surface area contributed by atoms with Crippen LogP contribution in [-0.4, -0.2) is 41.6 Å². The highest BCUT2D eigenvalue weighted by molar-refractivity contribution is 7.84. The van der Waals surface area contributed by atoms with Gasteiger partial charge in [-0.15, -0.1) is 0 Å². The molecule has 2 aliphatic rings. The second kappa shape index (κ2) is 5.25. The molecular weight excluding hydrogens is 290 g/mol. The summed E-state index contributed by atoms with van der Waals surface area (Å²) >= 11 is 0. The van der Waals surface area contributed by atoms with Crippen LogP contribution < -0.4 is 10.1 Å². The largest absolute Gasteiger partial charge is 0.496 e. The molecule has 0 radical (unpaired) electrons. The van der Waals surface area contributed by atoms with Crippen molar-refractivity contribution in [3.8, 4) is 5.75 Å². The lowest BCUT2D eigenvalue weighted by atomic mass is 10.2. The minimum Gasteiger partial charge on any atom is -0.496 e. The van der Waals surface area contributed by atoms with E-state index in [0.717, 1.165) is 5.71 Å². The highest BCUT2D eigenvalue weighted by Crippen LogP contribution is 2.26. The van der Waals surface area contributed by atoms with Crippen LogP contribution in [0.15, 0.2) is 44.9 Å². The standard InChI is InChI=1S/C14H13N3O3S/c1-20-12-5-8(21(2)19)3-4-9(12)14-16-10-6-13(18)15-7-11(10)17-14/h3-6H,7H2,1-2H3,(H,15,18). The molecule has 6 nitrogen and oxygen atoms in total. The zero-order chi connectivity index (χ0) is 15.0. The summed E-state index contributed by atoms with van der Waals surface area (Å²) in [5.41, 5.74) is 2.02. The number of hydrogen-bond acceptors (Lipinski definition) is 5. The van der Waals surface area contributed by atoms with E-state index in [1.54, 1.807) is 31.6 Å². The molecule has 7 heteroatoms. The van der Waals surface area contributed by atoms with Crippen LogP contribution in [0.1, 0.15) is 5.56 Å². The van der Waals surface area contributed by atoms with Crippen molar-refractivity contribution >= 4 is 28.3 Å². The monoisotopic (exact) mass is 303 g/mol. The second-order valence-corrected chi connectivity index (χ2v) is 5.94. The van der Waals surface area contributed by atoms with Gasteiger partial charge in [0.25, 0.3) is 0 Å². The van der Waals surface area contributed by atoms with E-state index < -0.39 is 10.8 Å². The van der Waals surface area contributed by atoms with Crippen LogP contribution in [0, 0.1) is 0 Å². The number of fused-ring (bicyclic) bond motifs is 1. The van der Waals surface area contributed by atoms with Gasteiger partial charge in [0.2, 0.25) is 5.91 Å². The molecule has 1 unspecified atom stereocenters. The molecule has 0 saturated heterocycles. The van der Waals surface area contributed by atoms with Crippen LogP contribution in [-0.2, 0) is 15.6 Å². The summed E-state index contributed by atoms with van der Waals surface area (Å²) < 4.78 is 16.9. The molecule has 0 aliphatic carbocycles. The van der Waals surface area contributed by atoms with Crippen LogP contribution in [0.5, 0.6) is 5.75 Å². The maximum atomic E-state index is 11.5. The molecule has 0 bridgehead atoms. The Morgan fingerprint density at radius 3 is 2.86 bits per heavy atom. The SMILES string of the molecule is COc1cc(S(C)=O)ccc1C1=NC2=CC(=O)NCC2=N1. The molecule has 3 rings (SSSR count). The van der Waals surface area contributed by atoms with Gasteiger partial charge >= 0.3 is 0 Å². The normalized spacial score (nSPS) is 18.2. The van der Waals surface area contributed by atoms with Crippen LogP contribution in [0.2, 0.25) is 0 Å². The molecule has 0 aromatic heterocycles. The lowest BCUT2D eigenvalue weighted by molar-refractivity contribution is -0.116.